The fourth-order valence-electron chi connectivity index (χ4n) is 2.45. The lowest BCUT2D eigenvalue weighted by molar-refractivity contribution is 0.240. The van der Waals surface area contributed by atoms with Crippen molar-refractivity contribution in [3.63, 3.8) is 0 Å². The van der Waals surface area contributed by atoms with Crippen LogP contribution < -0.4 is 5.32 Å². The van der Waals surface area contributed by atoms with E-state index in [1.54, 1.807) is 6.08 Å². The lowest BCUT2D eigenvalue weighted by atomic mass is 10.1. The summed E-state index contributed by atoms with van der Waals surface area (Å²) in [4.78, 5) is 4.56. The second-order valence-corrected chi connectivity index (χ2v) is 6.44. The van der Waals surface area contributed by atoms with Crippen molar-refractivity contribution < 1.29 is 4.74 Å². The van der Waals surface area contributed by atoms with Crippen LogP contribution in [0.3, 0.4) is 0 Å². The van der Waals surface area contributed by atoms with E-state index in [4.69, 9.17) is 4.74 Å². The number of rotatable bonds is 10. The molecule has 0 saturated heterocycles. The minimum Gasteiger partial charge on any atom is -0.494 e. The van der Waals surface area contributed by atoms with Gasteiger partial charge in [0.25, 0.3) is 0 Å². The highest BCUT2D eigenvalue weighted by atomic mass is 16.5. The van der Waals surface area contributed by atoms with Crippen LogP contribution in [0.15, 0.2) is 77.3 Å². The smallest absolute Gasteiger partial charge is 0.123 e. The Balaban J connectivity index is 2.63. The molecule has 0 aromatic heterocycles. The van der Waals surface area contributed by atoms with E-state index >= 15 is 0 Å². The van der Waals surface area contributed by atoms with Gasteiger partial charge >= 0.3 is 0 Å². The van der Waals surface area contributed by atoms with Gasteiger partial charge in [-0.2, -0.15) is 0 Å². The lowest BCUT2D eigenvalue weighted by Gasteiger charge is -2.11. The first kappa shape index (κ1) is 21.5. The molecule has 0 aliphatic carbocycles. The maximum Gasteiger partial charge on any atom is 0.123 e. The van der Waals surface area contributed by atoms with Gasteiger partial charge in [0.1, 0.15) is 5.76 Å². The third kappa shape index (κ3) is 7.56. The SMILES string of the molecule is C=C/C(OCC)=C(C)/C(C)=N/C=C(\C)CC(=C)NCc1cccc(C)c1. The van der Waals surface area contributed by atoms with Crippen molar-refractivity contribution >= 4 is 5.71 Å². The van der Waals surface area contributed by atoms with Crippen molar-refractivity contribution in [1.29, 1.82) is 0 Å². The first-order valence-corrected chi connectivity index (χ1v) is 9.01. The summed E-state index contributed by atoms with van der Waals surface area (Å²) in [5.41, 5.74) is 6.59. The van der Waals surface area contributed by atoms with Crippen molar-refractivity contribution in [2.75, 3.05) is 6.61 Å². The summed E-state index contributed by atoms with van der Waals surface area (Å²) in [5, 5.41) is 3.39. The van der Waals surface area contributed by atoms with Crippen LogP contribution in [0.2, 0.25) is 0 Å². The quantitative estimate of drug-likeness (QED) is 0.325. The van der Waals surface area contributed by atoms with Gasteiger partial charge in [0.2, 0.25) is 0 Å². The van der Waals surface area contributed by atoms with Crippen LogP contribution in [0.4, 0.5) is 0 Å². The molecule has 1 rings (SSSR count). The summed E-state index contributed by atoms with van der Waals surface area (Å²) in [6, 6.07) is 8.48. The first-order valence-electron chi connectivity index (χ1n) is 9.01. The van der Waals surface area contributed by atoms with Crippen molar-refractivity contribution in [3.8, 4) is 0 Å². The molecule has 0 heterocycles. The summed E-state index contributed by atoms with van der Waals surface area (Å²) in [5.74, 6) is 0.782. The molecule has 0 radical (unpaired) electrons. The Bertz CT molecular complexity index is 723. The van der Waals surface area contributed by atoms with E-state index in [9.17, 15) is 0 Å². The van der Waals surface area contributed by atoms with E-state index in [-0.39, 0.29) is 0 Å². The summed E-state index contributed by atoms with van der Waals surface area (Å²) >= 11 is 0. The van der Waals surface area contributed by atoms with Crippen LogP contribution in [0.25, 0.3) is 0 Å². The van der Waals surface area contributed by atoms with E-state index < -0.39 is 0 Å². The van der Waals surface area contributed by atoms with Crippen LogP contribution in [0.5, 0.6) is 0 Å². The molecule has 3 nitrogen and oxygen atoms in total. The third-order valence-corrected chi connectivity index (χ3v) is 3.99. The molecule has 0 unspecified atom stereocenters. The highest BCUT2D eigenvalue weighted by molar-refractivity contribution is 5.98. The number of nitrogens with one attached hydrogen (secondary N) is 1. The third-order valence-electron chi connectivity index (χ3n) is 3.99. The summed E-state index contributed by atoms with van der Waals surface area (Å²) < 4.78 is 5.56. The van der Waals surface area contributed by atoms with Crippen molar-refractivity contribution in [2.45, 2.75) is 47.6 Å². The highest BCUT2D eigenvalue weighted by Crippen LogP contribution is 2.12. The number of nitrogens with zero attached hydrogens (tertiary/aromatic N) is 1. The first-order chi connectivity index (χ1) is 12.4. The van der Waals surface area contributed by atoms with E-state index in [0.29, 0.717) is 6.61 Å². The van der Waals surface area contributed by atoms with Gasteiger partial charge < -0.3 is 10.1 Å². The molecule has 140 valence electrons. The molecule has 0 aliphatic heterocycles. The molecule has 3 heteroatoms. The molecule has 0 spiro atoms. The molecule has 1 aromatic carbocycles. The second-order valence-electron chi connectivity index (χ2n) is 6.44. The van der Waals surface area contributed by atoms with E-state index in [1.165, 1.54) is 11.1 Å². The number of allylic oxidation sites excluding steroid dienone is 3. The fraction of sp³-hybridized carbons (Fsp3) is 0.348. The molecule has 0 saturated carbocycles. The van der Waals surface area contributed by atoms with Crippen LogP contribution in [-0.4, -0.2) is 12.3 Å². The fourth-order valence-corrected chi connectivity index (χ4v) is 2.45. The molecule has 0 bridgehead atoms. The molecule has 1 aromatic rings. The number of hydrogen-bond acceptors (Lipinski definition) is 3. The van der Waals surface area contributed by atoms with Crippen LogP contribution >= 0.6 is 0 Å². The Morgan fingerprint density at radius 1 is 1.27 bits per heavy atom. The van der Waals surface area contributed by atoms with E-state index in [2.05, 4.69) is 61.6 Å². The zero-order chi connectivity index (χ0) is 19.5. The summed E-state index contributed by atoms with van der Waals surface area (Å²) in [7, 11) is 0. The van der Waals surface area contributed by atoms with Gasteiger partial charge in [-0.3, -0.25) is 4.99 Å². The normalized spacial score (nSPS) is 13.1. The Morgan fingerprint density at radius 2 is 2.00 bits per heavy atom. The Morgan fingerprint density at radius 3 is 2.62 bits per heavy atom. The molecule has 0 amide bonds. The Kier molecular flexibility index (Phi) is 9.21. The number of ether oxygens (including phenoxy) is 1. The topological polar surface area (TPSA) is 33.6 Å². The molecule has 0 atom stereocenters. The second kappa shape index (κ2) is 11.1. The van der Waals surface area contributed by atoms with E-state index in [0.717, 1.165) is 41.3 Å². The number of hydrogen-bond donors (Lipinski definition) is 1. The van der Waals surface area contributed by atoms with Crippen LogP contribution in [0, 0.1) is 6.92 Å². The van der Waals surface area contributed by atoms with Gasteiger partial charge in [0, 0.05) is 36.1 Å². The van der Waals surface area contributed by atoms with Crippen molar-refractivity contribution in [1.82, 2.24) is 5.32 Å². The standard InChI is InChI=1S/C23H32N2O/c1-8-23(26-9-2)20(6)21(7)25-15-18(4)13-19(5)24-16-22-12-10-11-17(3)14-22/h8,10-12,14-15,24H,1,5,9,13,16H2,2-4,6-7H3/b18-15+,23-20-,25-21+. The summed E-state index contributed by atoms with van der Waals surface area (Å²) in [6.07, 6.45) is 4.39. The molecular formula is C23H32N2O. The highest BCUT2D eigenvalue weighted by Gasteiger charge is 2.03. The monoisotopic (exact) mass is 352 g/mol. The molecule has 0 fully saturated rings. The number of aryl methyl sites for hydroxylation is 1. The van der Waals surface area contributed by atoms with Crippen LogP contribution in [-0.2, 0) is 11.3 Å². The number of benzene rings is 1. The van der Waals surface area contributed by atoms with Gasteiger partial charge in [-0.15, -0.1) is 0 Å². The minimum absolute atomic E-state index is 0.618. The van der Waals surface area contributed by atoms with Gasteiger partial charge in [0.15, 0.2) is 0 Å². The zero-order valence-corrected chi connectivity index (χ0v) is 16.9. The van der Waals surface area contributed by atoms with Gasteiger partial charge in [-0.25, -0.2) is 0 Å². The zero-order valence-electron chi connectivity index (χ0n) is 16.9. The van der Waals surface area contributed by atoms with Gasteiger partial charge in [-0.1, -0.05) is 43.0 Å². The summed E-state index contributed by atoms with van der Waals surface area (Å²) in [6.45, 7) is 19.4. The average molecular weight is 353 g/mol. The van der Waals surface area contributed by atoms with Gasteiger partial charge in [0.05, 0.1) is 6.61 Å². The van der Waals surface area contributed by atoms with E-state index in [1.807, 2.05) is 27.0 Å². The maximum absolute atomic E-state index is 5.56. The maximum atomic E-state index is 5.56. The van der Waals surface area contributed by atoms with Crippen molar-refractivity contribution in [3.05, 3.63) is 83.4 Å². The Hall–Kier alpha value is -2.55. The predicted molar refractivity (Wildman–Crippen MR) is 113 cm³/mol. The average Bonchev–Trinajstić information content (AvgIpc) is 2.62. The molecule has 26 heavy (non-hydrogen) atoms. The minimum atomic E-state index is 0.618. The predicted octanol–water partition coefficient (Wildman–Crippen LogP) is 5.85. The molecular weight excluding hydrogens is 320 g/mol. The lowest BCUT2D eigenvalue weighted by Crippen LogP contribution is -2.12. The number of aliphatic imine (C=N–C) groups is 1. The molecule has 1 N–H and O–H groups in total. The molecule has 0 aliphatic rings. The van der Waals surface area contributed by atoms with Crippen LogP contribution in [0.1, 0.15) is 45.2 Å². The van der Waals surface area contributed by atoms with Crippen molar-refractivity contribution in [2.24, 2.45) is 4.99 Å². The Labute approximate surface area is 158 Å². The largest absolute Gasteiger partial charge is 0.494 e. The van der Waals surface area contributed by atoms with Gasteiger partial charge in [-0.05, 0) is 51.8 Å².